The molecule has 17 heavy (non-hydrogen) atoms. The molecule has 2 nitrogen and oxygen atoms in total. The first-order valence-corrected chi connectivity index (χ1v) is 5.22. The molecule has 1 radical (unpaired) electrons. The molecule has 0 saturated heterocycles. The zero-order valence-electron chi connectivity index (χ0n) is 10.3. The van der Waals surface area contributed by atoms with E-state index in [0.717, 1.165) is 5.69 Å². The summed E-state index contributed by atoms with van der Waals surface area (Å²) in [6.45, 7) is 5.00. The van der Waals surface area contributed by atoms with Crippen LogP contribution in [0.25, 0.3) is 0 Å². The van der Waals surface area contributed by atoms with Crippen LogP contribution in [0.15, 0.2) is 60.9 Å². The standard InChI is InChI=1S/C7H9N.C5H5N.C2H5.Rh/c1-8-7-5-3-2-4-6-7;1-2-4-6-5-3-1;1-2;/h2-6,8H,1H3;1-5H;1H2,2H3;/q;;-1;. The second kappa shape index (κ2) is 14.8. The summed E-state index contributed by atoms with van der Waals surface area (Å²) in [6, 6.07) is 15.8. The van der Waals surface area contributed by atoms with Gasteiger partial charge in [-0.15, -0.1) is 0 Å². The number of nitrogens with one attached hydrogen (secondary N) is 1. The Morgan fingerprint density at radius 1 is 0.882 bits per heavy atom. The van der Waals surface area contributed by atoms with Crippen LogP contribution in [0.4, 0.5) is 5.69 Å². The van der Waals surface area contributed by atoms with Gasteiger partial charge in [0.2, 0.25) is 0 Å². The van der Waals surface area contributed by atoms with Crippen molar-refractivity contribution in [3.05, 3.63) is 67.8 Å². The van der Waals surface area contributed by atoms with E-state index in [1.54, 1.807) is 19.3 Å². The van der Waals surface area contributed by atoms with E-state index >= 15 is 0 Å². The summed E-state index contributed by atoms with van der Waals surface area (Å²) in [5, 5.41) is 3.03. The van der Waals surface area contributed by atoms with Gasteiger partial charge in [-0.2, -0.15) is 6.92 Å². The average molecular weight is 318 g/mol. The first-order chi connectivity index (χ1) is 7.93. The van der Waals surface area contributed by atoms with Crippen LogP contribution in [0.3, 0.4) is 0 Å². The molecule has 0 aliphatic rings. The third kappa shape index (κ3) is 11.1. The van der Waals surface area contributed by atoms with Gasteiger partial charge in [0.25, 0.3) is 0 Å². The van der Waals surface area contributed by atoms with Crippen LogP contribution in [0.5, 0.6) is 0 Å². The molecule has 3 heteroatoms. The molecule has 1 heterocycles. The monoisotopic (exact) mass is 318 g/mol. The van der Waals surface area contributed by atoms with Crippen molar-refractivity contribution in [3.8, 4) is 0 Å². The van der Waals surface area contributed by atoms with E-state index < -0.39 is 0 Å². The number of hydrogen-bond donors (Lipinski definition) is 1. The Hall–Kier alpha value is -1.21. The summed E-state index contributed by atoms with van der Waals surface area (Å²) in [6.07, 6.45) is 3.50. The molecule has 0 saturated carbocycles. The smallest absolute Gasteiger partial charge is 0.0337 e. The topological polar surface area (TPSA) is 24.9 Å². The minimum absolute atomic E-state index is 0. The third-order valence-corrected chi connectivity index (χ3v) is 1.63. The second-order valence-corrected chi connectivity index (χ2v) is 2.64. The number of aromatic nitrogens is 1. The summed E-state index contributed by atoms with van der Waals surface area (Å²) < 4.78 is 0. The zero-order chi connectivity index (χ0) is 12.1. The fourth-order valence-electron chi connectivity index (χ4n) is 0.917. The van der Waals surface area contributed by atoms with Gasteiger partial charge in [0.05, 0.1) is 0 Å². The summed E-state index contributed by atoms with van der Waals surface area (Å²) in [5.74, 6) is 0. The average Bonchev–Trinajstić information content (AvgIpc) is 2.44. The van der Waals surface area contributed by atoms with Gasteiger partial charge in [-0.3, -0.25) is 4.98 Å². The van der Waals surface area contributed by atoms with Crippen molar-refractivity contribution in [1.82, 2.24) is 4.98 Å². The third-order valence-electron chi connectivity index (χ3n) is 1.63. The normalized spacial score (nSPS) is 7.24. The number of hydrogen-bond acceptors (Lipinski definition) is 2. The van der Waals surface area contributed by atoms with Crippen LogP contribution in [-0.4, -0.2) is 12.0 Å². The van der Waals surface area contributed by atoms with Gasteiger partial charge in [-0.1, -0.05) is 24.3 Å². The molecule has 1 aromatic carbocycles. The Bertz CT molecular complexity index is 298. The minimum Gasteiger partial charge on any atom is -0.388 e. The molecule has 0 spiro atoms. The predicted octanol–water partition coefficient (Wildman–Crippen LogP) is 3.65. The fraction of sp³-hybridized carbons (Fsp3) is 0.143. The molecule has 0 atom stereocenters. The number of benzene rings is 1. The molecule has 0 aliphatic heterocycles. The summed E-state index contributed by atoms with van der Waals surface area (Å²) in [7, 11) is 1.91. The van der Waals surface area contributed by atoms with E-state index in [1.165, 1.54) is 0 Å². The fourth-order valence-corrected chi connectivity index (χ4v) is 0.917. The van der Waals surface area contributed by atoms with Gasteiger partial charge < -0.3 is 12.2 Å². The predicted molar refractivity (Wildman–Crippen MR) is 71.3 cm³/mol. The van der Waals surface area contributed by atoms with E-state index in [4.69, 9.17) is 0 Å². The Kier molecular flexibility index (Phi) is 15.8. The number of rotatable bonds is 1. The molecule has 0 aliphatic carbocycles. The van der Waals surface area contributed by atoms with Gasteiger partial charge in [0.1, 0.15) is 0 Å². The summed E-state index contributed by atoms with van der Waals surface area (Å²) >= 11 is 0. The van der Waals surface area contributed by atoms with Crippen LogP contribution in [0.2, 0.25) is 0 Å². The summed E-state index contributed by atoms with van der Waals surface area (Å²) in [4.78, 5) is 3.78. The van der Waals surface area contributed by atoms with Crippen molar-refractivity contribution in [2.24, 2.45) is 0 Å². The quantitative estimate of drug-likeness (QED) is 0.641. The molecule has 2 aromatic rings. The van der Waals surface area contributed by atoms with Crippen molar-refractivity contribution in [3.63, 3.8) is 0 Å². The van der Waals surface area contributed by atoms with Crippen LogP contribution in [-0.2, 0) is 19.5 Å². The molecule has 0 bridgehead atoms. The number of nitrogens with zero attached hydrogens (tertiary/aromatic N) is 1. The second-order valence-electron chi connectivity index (χ2n) is 2.64. The number of para-hydroxylation sites is 1. The number of pyridine rings is 1. The van der Waals surface area contributed by atoms with E-state index in [2.05, 4.69) is 17.2 Å². The van der Waals surface area contributed by atoms with Crippen molar-refractivity contribution in [2.45, 2.75) is 6.92 Å². The first-order valence-electron chi connectivity index (χ1n) is 5.22. The molecule has 0 amide bonds. The van der Waals surface area contributed by atoms with Crippen LogP contribution in [0, 0.1) is 6.92 Å². The van der Waals surface area contributed by atoms with Crippen molar-refractivity contribution in [2.75, 3.05) is 12.4 Å². The molecule has 1 aromatic heterocycles. The molecular formula is C14H19N2Rh-. The van der Waals surface area contributed by atoms with E-state index in [1.807, 2.05) is 55.6 Å². The van der Waals surface area contributed by atoms with Gasteiger partial charge in [-0.25, -0.2) is 0 Å². The Balaban J connectivity index is 0. The van der Waals surface area contributed by atoms with E-state index in [9.17, 15) is 0 Å². The van der Waals surface area contributed by atoms with Crippen LogP contribution >= 0.6 is 0 Å². The first kappa shape index (κ1) is 18.2. The van der Waals surface area contributed by atoms with Gasteiger partial charge >= 0.3 is 0 Å². The van der Waals surface area contributed by atoms with Crippen molar-refractivity contribution in [1.29, 1.82) is 0 Å². The molecule has 0 fully saturated rings. The largest absolute Gasteiger partial charge is 0.388 e. The maximum atomic E-state index is 3.78. The van der Waals surface area contributed by atoms with Gasteiger partial charge in [0, 0.05) is 44.6 Å². The number of anilines is 1. The van der Waals surface area contributed by atoms with E-state index in [0.29, 0.717) is 0 Å². The SMILES string of the molecule is CNc1ccccc1.[CH2-]C.[Rh].c1ccncc1. The molecular weight excluding hydrogens is 299 g/mol. The van der Waals surface area contributed by atoms with Crippen molar-refractivity contribution >= 4 is 5.69 Å². The molecule has 1 N–H and O–H groups in total. The minimum atomic E-state index is 0. The van der Waals surface area contributed by atoms with Crippen molar-refractivity contribution < 1.29 is 19.5 Å². The van der Waals surface area contributed by atoms with Gasteiger partial charge in [-0.05, 0) is 24.3 Å². The Morgan fingerprint density at radius 3 is 1.59 bits per heavy atom. The van der Waals surface area contributed by atoms with E-state index in [-0.39, 0.29) is 19.5 Å². The van der Waals surface area contributed by atoms with Crippen LogP contribution in [0.1, 0.15) is 6.92 Å². The Labute approximate surface area is 117 Å². The van der Waals surface area contributed by atoms with Gasteiger partial charge in [0.15, 0.2) is 0 Å². The van der Waals surface area contributed by atoms with Crippen LogP contribution < -0.4 is 5.32 Å². The maximum Gasteiger partial charge on any atom is 0.0337 e. The molecule has 95 valence electrons. The summed E-state index contributed by atoms with van der Waals surface area (Å²) in [5.41, 5.74) is 1.16. The Morgan fingerprint density at radius 2 is 1.35 bits per heavy atom. The maximum absolute atomic E-state index is 3.78. The molecule has 0 unspecified atom stereocenters. The molecule has 2 rings (SSSR count). The zero-order valence-corrected chi connectivity index (χ0v) is 11.9.